The monoisotopic (exact) mass is 228 g/mol. The minimum Gasteiger partial charge on any atom is -0.392 e. The smallest absolute Gasteiger partial charge is 0.159 e. The number of nitrogens with zero attached hydrogens (tertiary/aromatic N) is 2. The van der Waals surface area contributed by atoms with Gasteiger partial charge in [-0.3, -0.25) is 0 Å². The van der Waals surface area contributed by atoms with E-state index in [9.17, 15) is 5.11 Å². The first-order chi connectivity index (χ1) is 8.13. The number of hydrogen-bond acceptors (Lipinski definition) is 3. The van der Waals surface area contributed by atoms with Crippen LogP contribution < -0.4 is 0 Å². The maximum Gasteiger partial charge on any atom is 0.159 e. The SMILES string of the molecule is Cc1ccccc1-c1nc(C)c(CO)c(C)n1. The van der Waals surface area contributed by atoms with E-state index in [4.69, 9.17) is 0 Å². The summed E-state index contributed by atoms with van der Waals surface area (Å²) >= 11 is 0. The Kier molecular flexibility index (Phi) is 3.20. The normalized spacial score (nSPS) is 10.6. The third-order valence-corrected chi connectivity index (χ3v) is 2.96. The molecule has 0 amide bonds. The van der Waals surface area contributed by atoms with E-state index in [1.165, 1.54) is 0 Å². The van der Waals surface area contributed by atoms with Crippen LogP contribution in [0, 0.1) is 20.8 Å². The number of aromatic nitrogens is 2. The topological polar surface area (TPSA) is 46.0 Å². The van der Waals surface area contributed by atoms with Gasteiger partial charge in [0.1, 0.15) is 0 Å². The molecule has 2 aromatic rings. The molecule has 0 spiro atoms. The molecule has 0 aliphatic heterocycles. The van der Waals surface area contributed by atoms with Crippen LogP contribution in [0.3, 0.4) is 0 Å². The van der Waals surface area contributed by atoms with Gasteiger partial charge in [-0.1, -0.05) is 24.3 Å². The Morgan fingerprint density at radius 2 is 1.59 bits per heavy atom. The first-order valence-corrected chi connectivity index (χ1v) is 5.64. The number of benzene rings is 1. The molecule has 1 aromatic carbocycles. The van der Waals surface area contributed by atoms with Crippen LogP contribution >= 0.6 is 0 Å². The molecule has 0 radical (unpaired) electrons. The van der Waals surface area contributed by atoms with Crippen LogP contribution in [0.5, 0.6) is 0 Å². The van der Waals surface area contributed by atoms with Gasteiger partial charge in [0.05, 0.1) is 6.61 Å². The van der Waals surface area contributed by atoms with Crippen molar-refractivity contribution in [2.75, 3.05) is 0 Å². The Hall–Kier alpha value is -1.74. The van der Waals surface area contributed by atoms with Crippen LogP contribution in [0.1, 0.15) is 22.5 Å². The molecule has 0 bridgehead atoms. The highest BCUT2D eigenvalue weighted by atomic mass is 16.3. The molecular formula is C14H16N2O. The molecule has 1 aromatic heterocycles. The molecule has 0 aliphatic rings. The summed E-state index contributed by atoms with van der Waals surface area (Å²) in [4.78, 5) is 8.93. The van der Waals surface area contributed by atoms with Gasteiger partial charge in [-0.05, 0) is 26.3 Å². The van der Waals surface area contributed by atoms with Crippen molar-refractivity contribution in [3.63, 3.8) is 0 Å². The largest absolute Gasteiger partial charge is 0.392 e. The maximum atomic E-state index is 9.24. The molecule has 0 unspecified atom stereocenters. The maximum absolute atomic E-state index is 9.24. The number of aliphatic hydroxyl groups is 1. The van der Waals surface area contributed by atoms with E-state index in [1.54, 1.807) is 0 Å². The van der Waals surface area contributed by atoms with Gasteiger partial charge in [-0.15, -0.1) is 0 Å². The second-order valence-corrected chi connectivity index (χ2v) is 4.17. The molecule has 1 heterocycles. The quantitative estimate of drug-likeness (QED) is 0.859. The molecule has 0 aliphatic carbocycles. The van der Waals surface area contributed by atoms with Gasteiger partial charge >= 0.3 is 0 Å². The fraction of sp³-hybridized carbons (Fsp3) is 0.286. The molecule has 0 saturated heterocycles. The molecular weight excluding hydrogens is 212 g/mol. The van der Waals surface area contributed by atoms with Crippen molar-refractivity contribution >= 4 is 0 Å². The summed E-state index contributed by atoms with van der Waals surface area (Å²) in [5.74, 6) is 0.732. The summed E-state index contributed by atoms with van der Waals surface area (Å²) in [7, 11) is 0. The summed E-state index contributed by atoms with van der Waals surface area (Å²) in [6, 6.07) is 8.04. The van der Waals surface area contributed by atoms with E-state index in [0.29, 0.717) is 0 Å². The Morgan fingerprint density at radius 3 is 2.12 bits per heavy atom. The molecule has 1 N–H and O–H groups in total. The van der Waals surface area contributed by atoms with Gasteiger partial charge in [0.2, 0.25) is 0 Å². The zero-order valence-electron chi connectivity index (χ0n) is 10.4. The average molecular weight is 228 g/mol. The summed E-state index contributed by atoms with van der Waals surface area (Å²) < 4.78 is 0. The van der Waals surface area contributed by atoms with Crippen LogP contribution in [-0.4, -0.2) is 15.1 Å². The third kappa shape index (κ3) is 2.19. The van der Waals surface area contributed by atoms with Crippen LogP contribution in [-0.2, 0) is 6.61 Å². The average Bonchev–Trinajstić information content (AvgIpc) is 2.29. The molecule has 0 fully saturated rings. The van der Waals surface area contributed by atoms with E-state index in [1.807, 2.05) is 45.0 Å². The van der Waals surface area contributed by atoms with Gasteiger partial charge < -0.3 is 5.11 Å². The third-order valence-electron chi connectivity index (χ3n) is 2.96. The summed E-state index contributed by atoms with van der Waals surface area (Å²) in [6.45, 7) is 5.85. The Labute approximate surface area is 101 Å². The lowest BCUT2D eigenvalue weighted by molar-refractivity contribution is 0.279. The first kappa shape index (κ1) is 11.7. The van der Waals surface area contributed by atoms with Crippen molar-refractivity contribution in [1.29, 1.82) is 0 Å². The number of hydrogen-bond donors (Lipinski definition) is 1. The van der Waals surface area contributed by atoms with E-state index >= 15 is 0 Å². The number of rotatable bonds is 2. The van der Waals surface area contributed by atoms with Gasteiger partial charge in [-0.2, -0.15) is 0 Å². The van der Waals surface area contributed by atoms with Crippen molar-refractivity contribution in [3.05, 3.63) is 46.8 Å². The van der Waals surface area contributed by atoms with E-state index < -0.39 is 0 Å². The number of aryl methyl sites for hydroxylation is 3. The lowest BCUT2D eigenvalue weighted by Crippen LogP contribution is -2.03. The van der Waals surface area contributed by atoms with E-state index in [-0.39, 0.29) is 6.61 Å². The highest BCUT2D eigenvalue weighted by Crippen LogP contribution is 2.21. The van der Waals surface area contributed by atoms with Crippen LogP contribution in [0.4, 0.5) is 0 Å². The van der Waals surface area contributed by atoms with E-state index in [0.717, 1.165) is 33.9 Å². The van der Waals surface area contributed by atoms with Crippen molar-refractivity contribution in [2.45, 2.75) is 27.4 Å². The van der Waals surface area contributed by atoms with Gasteiger partial charge in [0, 0.05) is 22.5 Å². The zero-order chi connectivity index (χ0) is 12.4. The predicted octanol–water partition coefficient (Wildman–Crippen LogP) is 2.56. The fourth-order valence-electron chi connectivity index (χ4n) is 1.91. The van der Waals surface area contributed by atoms with E-state index in [2.05, 4.69) is 9.97 Å². The van der Waals surface area contributed by atoms with Gasteiger partial charge in [-0.25, -0.2) is 9.97 Å². The molecule has 3 heteroatoms. The standard InChI is InChI=1S/C14H16N2O/c1-9-6-4-5-7-12(9)14-15-10(2)13(8-17)11(3)16-14/h4-7,17H,8H2,1-3H3. The first-order valence-electron chi connectivity index (χ1n) is 5.64. The Balaban J connectivity index is 2.59. The van der Waals surface area contributed by atoms with Crippen LogP contribution in [0.25, 0.3) is 11.4 Å². The number of aliphatic hydroxyl groups excluding tert-OH is 1. The van der Waals surface area contributed by atoms with Crippen molar-refractivity contribution < 1.29 is 5.11 Å². The van der Waals surface area contributed by atoms with Gasteiger partial charge in [0.15, 0.2) is 5.82 Å². The minimum absolute atomic E-state index is 0.00822. The summed E-state index contributed by atoms with van der Waals surface area (Å²) in [5, 5.41) is 9.24. The lowest BCUT2D eigenvalue weighted by Gasteiger charge is -2.10. The van der Waals surface area contributed by atoms with Gasteiger partial charge in [0.25, 0.3) is 0 Å². The van der Waals surface area contributed by atoms with Crippen LogP contribution in [0.2, 0.25) is 0 Å². The Bertz CT molecular complexity index is 527. The van der Waals surface area contributed by atoms with Crippen molar-refractivity contribution in [1.82, 2.24) is 9.97 Å². The summed E-state index contributed by atoms with van der Waals surface area (Å²) in [6.07, 6.45) is 0. The highest BCUT2D eigenvalue weighted by Gasteiger charge is 2.10. The molecule has 0 saturated carbocycles. The zero-order valence-corrected chi connectivity index (χ0v) is 10.4. The lowest BCUT2D eigenvalue weighted by atomic mass is 10.1. The summed E-state index contributed by atoms with van der Waals surface area (Å²) in [5.41, 5.74) is 4.71. The molecule has 17 heavy (non-hydrogen) atoms. The molecule has 88 valence electrons. The molecule has 2 rings (SSSR count). The molecule has 0 atom stereocenters. The minimum atomic E-state index is -0.00822. The second kappa shape index (κ2) is 4.63. The molecule has 3 nitrogen and oxygen atoms in total. The second-order valence-electron chi connectivity index (χ2n) is 4.17. The van der Waals surface area contributed by atoms with Crippen molar-refractivity contribution in [2.24, 2.45) is 0 Å². The van der Waals surface area contributed by atoms with Crippen LogP contribution in [0.15, 0.2) is 24.3 Å². The fourth-order valence-corrected chi connectivity index (χ4v) is 1.91. The van der Waals surface area contributed by atoms with Crippen molar-refractivity contribution in [3.8, 4) is 11.4 Å². The predicted molar refractivity (Wildman–Crippen MR) is 67.6 cm³/mol. The Morgan fingerprint density at radius 1 is 1.00 bits per heavy atom. The highest BCUT2D eigenvalue weighted by molar-refractivity contribution is 5.60.